The molecule has 2 aromatic rings. The summed E-state index contributed by atoms with van der Waals surface area (Å²) < 4.78 is 1.63. The number of anilines is 2. The molecule has 0 saturated carbocycles. The third-order valence-electron chi connectivity index (χ3n) is 3.18. The molecule has 0 amide bonds. The zero-order valence-electron chi connectivity index (χ0n) is 16.9. The summed E-state index contributed by atoms with van der Waals surface area (Å²) in [5.41, 5.74) is 15.5. The van der Waals surface area contributed by atoms with Gasteiger partial charge >= 0.3 is 30.0 Å². The Balaban J connectivity index is 0. The van der Waals surface area contributed by atoms with Crippen molar-refractivity contribution < 1.29 is 16.3 Å². The molecular weight excluding hydrogens is 589 g/mol. The Morgan fingerprint density at radius 1 is 0.778 bits per heavy atom. The molecule has 4 N–H and O–H groups in total. The molecular formula is C19H29Br3N4Zn. The standard InChI is InChI=1S/C11H18N2.C5H4Br2N2.C3H7.BrH.Zn/c1-7(2)9-5-13-6-10(8(3)4)11(9)12;6-3-1-9-2-4(7)5(3)8;1-3-2;;/h5-8H,1-4H3,(H2,12,13);1-2H,(H2,8,9);3H,1-2H3;1H;/q;;-1;;+2/p-1. The second kappa shape index (κ2) is 16.9. The van der Waals surface area contributed by atoms with Crippen LogP contribution in [-0.4, -0.2) is 9.97 Å². The quantitative estimate of drug-likeness (QED) is 0.276. The zero-order valence-corrected chi connectivity index (χ0v) is 24.7. The van der Waals surface area contributed by atoms with E-state index in [1.54, 1.807) is 12.4 Å². The van der Waals surface area contributed by atoms with Gasteiger partial charge in [-0.1, -0.05) is 27.7 Å². The van der Waals surface area contributed by atoms with Crippen LogP contribution < -0.4 is 11.5 Å². The summed E-state index contributed by atoms with van der Waals surface area (Å²) in [4.78, 5) is 8.08. The van der Waals surface area contributed by atoms with Crippen molar-refractivity contribution in [3.05, 3.63) is 51.3 Å². The van der Waals surface area contributed by atoms with Gasteiger partial charge in [0.1, 0.15) is 0 Å². The minimum atomic E-state index is 0.450. The summed E-state index contributed by atoms with van der Waals surface area (Å²) >= 11 is 10.7. The van der Waals surface area contributed by atoms with E-state index < -0.39 is 0 Å². The number of halogens is 3. The summed E-state index contributed by atoms with van der Waals surface area (Å²) in [5, 5.41) is 0. The fraction of sp³-hybridized carbons (Fsp3) is 0.421. The summed E-state index contributed by atoms with van der Waals surface area (Å²) in [6, 6.07) is 0. The van der Waals surface area contributed by atoms with E-state index in [1.165, 1.54) is 16.3 Å². The van der Waals surface area contributed by atoms with Crippen LogP contribution in [0.4, 0.5) is 11.4 Å². The van der Waals surface area contributed by atoms with E-state index in [0.717, 1.165) is 25.8 Å². The van der Waals surface area contributed by atoms with Crippen molar-refractivity contribution in [3.63, 3.8) is 0 Å². The second-order valence-corrected chi connectivity index (χ2v) is 7.84. The Morgan fingerprint density at radius 3 is 1.33 bits per heavy atom. The average molecular weight is 619 g/mol. The molecule has 27 heavy (non-hydrogen) atoms. The zero-order chi connectivity index (χ0) is 21.6. The third kappa shape index (κ3) is 11.5. The summed E-state index contributed by atoms with van der Waals surface area (Å²) in [5.74, 6) is 0.900. The molecule has 0 aliphatic carbocycles. The summed E-state index contributed by atoms with van der Waals surface area (Å²) in [6.45, 7) is 12.5. The van der Waals surface area contributed by atoms with E-state index >= 15 is 0 Å². The van der Waals surface area contributed by atoms with Crippen molar-refractivity contribution >= 4 is 56.9 Å². The number of pyridine rings is 2. The number of rotatable bonds is 2. The van der Waals surface area contributed by atoms with Gasteiger partial charge in [-0.05, 0) is 54.8 Å². The molecule has 2 heterocycles. The van der Waals surface area contributed by atoms with E-state index in [0.29, 0.717) is 17.5 Å². The van der Waals surface area contributed by atoms with Crippen LogP contribution in [-0.2, 0) is 16.3 Å². The first-order valence-corrected chi connectivity index (χ1v) is 17.0. The molecule has 0 bridgehead atoms. The van der Waals surface area contributed by atoms with Crippen LogP contribution in [0.1, 0.15) is 64.5 Å². The van der Waals surface area contributed by atoms with Crippen molar-refractivity contribution in [1.29, 1.82) is 0 Å². The van der Waals surface area contributed by atoms with Crippen LogP contribution >= 0.6 is 45.5 Å². The minimum absolute atomic E-state index is 0.450. The molecule has 0 aromatic carbocycles. The maximum atomic E-state index is 6.05. The van der Waals surface area contributed by atoms with Crippen LogP contribution in [0.5, 0.6) is 0 Å². The molecule has 0 fully saturated rings. The van der Waals surface area contributed by atoms with E-state index in [4.69, 9.17) is 11.5 Å². The van der Waals surface area contributed by atoms with Gasteiger partial charge in [0.25, 0.3) is 0 Å². The van der Waals surface area contributed by atoms with Crippen molar-refractivity contribution in [2.75, 3.05) is 11.5 Å². The Kier molecular flexibility index (Phi) is 18.2. The monoisotopic (exact) mass is 614 g/mol. The number of hydrogen-bond donors (Lipinski definition) is 2. The number of aromatic nitrogens is 2. The van der Waals surface area contributed by atoms with Gasteiger partial charge in [0.05, 0.1) is 14.6 Å². The van der Waals surface area contributed by atoms with Gasteiger partial charge < -0.3 is 17.9 Å². The van der Waals surface area contributed by atoms with Gasteiger partial charge in [-0.2, -0.15) is 13.8 Å². The molecule has 0 unspecified atom stereocenters. The molecule has 2 rings (SSSR count). The van der Waals surface area contributed by atoms with Crippen molar-refractivity contribution in [2.45, 2.75) is 53.4 Å². The van der Waals surface area contributed by atoms with Gasteiger partial charge in [-0.15, -0.1) is 0 Å². The van der Waals surface area contributed by atoms with Crippen LogP contribution in [0.25, 0.3) is 0 Å². The second-order valence-electron chi connectivity index (χ2n) is 6.14. The topological polar surface area (TPSA) is 77.8 Å². The number of hydrogen-bond acceptors (Lipinski definition) is 4. The van der Waals surface area contributed by atoms with E-state index in [-0.39, 0.29) is 0 Å². The Hall–Kier alpha value is -0.0366. The molecule has 0 atom stereocenters. The summed E-state index contributed by atoms with van der Waals surface area (Å²) in [7, 11) is 0. The number of nitrogens with zero attached hydrogens (tertiary/aromatic N) is 2. The van der Waals surface area contributed by atoms with Gasteiger partial charge in [0.15, 0.2) is 0 Å². The number of nitrogens with two attached hydrogens (primary N) is 2. The predicted molar refractivity (Wildman–Crippen MR) is 125 cm³/mol. The predicted octanol–water partition coefficient (Wildman–Crippen LogP) is 7.17. The van der Waals surface area contributed by atoms with Crippen molar-refractivity contribution in [2.24, 2.45) is 0 Å². The third-order valence-corrected chi connectivity index (χ3v) is 4.45. The van der Waals surface area contributed by atoms with Gasteiger partial charge in [0.2, 0.25) is 0 Å². The SMILES string of the molecule is CC(C)c1cncc(C(C)C)c1N.C[CH-]C.Nc1c(Br)cncc1Br.[Zn+][Br]. The van der Waals surface area contributed by atoms with Gasteiger partial charge in [-0.25, -0.2) is 0 Å². The molecule has 4 nitrogen and oxygen atoms in total. The van der Waals surface area contributed by atoms with Crippen LogP contribution in [0.15, 0.2) is 33.7 Å². The van der Waals surface area contributed by atoms with Gasteiger partial charge in [-0.3, -0.25) is 9.97 Å². The fourth-order valence-corrected chi connectivity index (χ4v) is 2.77. The normalized spacial score (nSPS) is 9.52. The molecule has 0 saturated heterocycles. The number of nitrogen functional groups attached to an aromatic ring is 2. The fourth-order valence-electron chi connectivity index (χ4n) is 1.85. The molecule has 2 aromatic heterocycles. The molecule has 0 radical (unpaired) electrons. The van der Waals surface area contributed by atoms with Crippen LogP contribution in [0.2, 0.25) is 0 Å². The molecule has 0 aliphatic heterocycles. The Labute approximate surface area is 198 Å². The first kappa shape index (κ1) is 29.2. The summed E-state index contributed by atoms with van der Waals surface area (Å²) in [6.07, 6.45) is 9.04. The molecule has 8 heteroatoms. The molecule has 0 spiro atoms. The molecule has 0 aliphatic rings. The first-order chi connectivity index (χ1) is 12.7. The van der Waals surface area contributed by atoms with Crippen molar-refractivity contribution in [3.8, 4) is 0 Å². The van der Waals surface area contributed by atoms with E-state index in [9.17, 15) is 0 Å². The maximum absolute atomic E-state index is 6.05. The van der Waals surface area contributed by atoms with E-state index in [1.807, 2.05) is 32.7 Å². The average Bonchev–Trinajstić information content (AvgIpc) is 2.62. The van der Waals surface area contributed by atoms with Crippen LogP contribution in [0, 0.1) is 6.42 Å². The Morgan fingerprint density at radius 2 is 1.07 bits per heavy atom. The first-order valence-electron chi connectivity index (χ1n) is 8.45. The van der Waals surface area contributed by atoms with Crippen molar-refractivity contribution in [1.82, 2.24) is 9.97 Å². The van der Waals surface area contributed by atoms with Crippen LogP contribution in [0.3, 0.4) is 0 Å². The van der Waals surface area contributed by atoms with Gasteiger partial charge in [0, 0.05) is 30.5 Å². The Bertz CT molecular complexity index is 606. The molecule has 148 valence electrons. The van der Waals surface area contributed by atoms with E-state index in [2.05, 4.69) is 83.1 Å².